The molecule has 0 bridgehead atoms. The van der Waals surface area contributed by atoms with Crippen molar-refractivity contribution >= 4 is 27.4 Å². The number of hydrogen-bond donors (Lipinski definition) is 1. The molecule has 0 aromatic heterocycles. The molecule has 120 valence electrons. The van der Waals surface area contributed by atoms with Crippen molar-refractivity contribution in [2.45, 2.75) is 25.8 Å². The van der Waals surface area contributed by atoms with E-state index in [1.54, 1.807) is 30.3 Å². The van der Waals surface area contributed by atoms with Crippen LogP contribution in [-0.4, -0.2) is 39.0 Å². The van der Waals surface area contributed by atoms with Crippen molar-refractivity contribution in [3.8, 4) is 0 Å². The van der Waals surface area contributed by atoms with Gasteiger partial charge in [0, 0.05) is 6.54 Å². The summed E-state index contributed by atoms with van der Waals surface area (Å²) in [5.41, 5.74) is 0.362. The summed E-state index contributed by atoms with van der Waals surface area (Å²) in [6.07, 6.45) is 3.14. The number of nitrogens with one attached hydrogen (secondary N) is 1. The van der Waals surface area contributed by atoms with Gasteiger partial charge >= 0.3 is 0 Å². The number of para-hydroxylation sites is 1. The average molecular weight is 324 g/mol. The number of ketones is 1. The van der Waals surface area contributed by atoms with E-state index in [2.05, 4.69) is 5.32 Å². The second kappa shape index (κ2) is 6.48. The molecule has 0 aliphatic heterocycles. The van der Waals surface area contributed by atoms with Crippen molar-refractivity contribution in [2.75, 3.05) is 17.1 Å². The van der Waals surface area contributed by atoms with Crippen molar-refractivity contribution in [2.24, 2.45) is 5.92 Å². The third-order valence-corrected chi connectivity index (χ3v) is 4.81. The minimum atomic E-state index is -3.68. The van der Waals surface area contributed by atoms with E-state index in [-0.39, 0.29) is 0 Å². The van der Waals surface area contributed by atoms with E-state index in [0.717, 1.165) is 23.4 Å². The first-order chi connectivity index (χ1) is 10.3. The van der Waals surface area contributed by atoms with Gasteiger partial charge in [-0.1, -0.05) is 18.2 Å². The highest BCUT2D eigenvalue weighted by molar-refractivity contribution is 7.92. The fourth-order valence-electron chi connectivity index (χ4n) is 2.22. The lowest BCUT2D eigenvalue weighted by molar-refractivity contribution is -0.138. The first kappa shape index (κ1) is 16.5. The fraction of sp³-hybridized carbons (Fsp3) is 0.467. The van der Waals surface area contributed by atoms with Gasteiger partial charge in [0.2, 0.25) is 15.8 Å². The molecule has 1 amide bonds. The van der Waals surface area contributed by atoms with Gasteiger partial charge in [0.25, 0.3) is 5.91 Å². The van der Waals surface area contributed by atoms with Crippen molar-refractivity contribution in [1.29, 1.82) is 0 Å². The first-order valence-electron chi connectivity index (χ1n) is 7.17. The summed E-state index contributed by atoms with van der Waals surface area (Å²) in [6.45, 7) is 1.90. The monoisotopic (exact) mass is 324 g/mol. The highest BCUT2D eigenvalue weighted by Crippen LogP contribution is 2.27. The van der Waals surface area contributed by atoms with E-state index >= 15 is 0 Å². The zero-order chi connectivity index (χ0) is 16.3. The lowest BCUT2D eigenvalue weighted by atomic mass is 10.2. The molecule has 22 heavy (non-hydrogen) atoms. The normalized spacial score (nSPS) is 15.9. The van der Waals surface area contributed by atoms with Crippen molar-refractivity contribution < 1.29 is 18.0 Å². The number of benzene rings is 1. The molecule has 1 aliphatic carbocycles. The summed E-state index contributed by atoms with van der Waals surface area (Å²) in [6, 6.07) is 7.20. The van der Waals surface area contributed by atoms with Crippen LogP contribution in [0.2, 0.25) is 0 Å². The van der Waals surface area contributed by atoms with Gasteiger partial charge < -0.3 is 5.32 Å². The van der Waals surface area contributed by atoms with Crippen molar-refractivity contribution in [3.05, 3.63) is 30.3 Å². The van der Waals surface area contributed by atoms with E-state index in [1.807, 2.05) is 0 Å². The van der Waals surface area contributed by atoms with E-state index in [0.29, 0.717) is 18.2 Å². The zero-order valence-corrected chi connectivity index (χ0v) is 13.5. The maximum atomic E-state index is 12.2. The van der Waals surface area contributed by atoms with Crippen molar-refractivity contribution in [1.82, 2.24) is 5.32 Å². The molecule has 0 spiro atoms. The Balaban J connectivity index is 2.16. The van der Waals surface area contributed by atoms with E-state index in [9.17, 15) is 18.0 Å². The minimum absolute atomic E-state index is 0.362. The molecule has 1 N–H and O–H groups in total. The Morgan fingerprint density at radius 3 is 2.36 bits per heavy atom. The third-order valence-electron chi connectivity index (χ3n) is 3.57. The zero-order valence-electron chi connectivity index (χ0n) is 12.7. The summed E-state index contributed by atoms with van der Waals surface area (Å²) in [4.78, 5) is 24.1. The van der Waals surface area contributed by atoms with Gasteiger partial charge in [-0.25, -0.2) is 8.42 Å². The molecule has 0 radical (unpaired) electrons. The molecule has 6 nitrogen and oxygen atoms in total. The van der Waals surface area contributed by atoms with Crippen LogP contribution in [0.15, 0.2) is 30.3 Å². The highest BCUT2D eigenvalue weighted by Gasteiger charge is 2.33. The molecule has 1 saturated carbocycles. The predicted molar refractivity (Wildman–Crippen MR) is 84.0 cm³/mol. The van der Waals surface area contributed by atoms with Crippen LogP contribution < -0.4 is 9.62 Å². The van der Waals surface area contributed by atoms with Crippen LogP contribution in [0.1, 0.15) is 19.8 Å². The summed E-state index contributed by atoms with van der Waals surface area (Å²) in [5.74, 6) is -1.04. The van der Waals surface area contributed by atoms with Gasteiger partial charge in [0.1, 0.15) is 6.04 Å². The maximum absolute atomic E-state index is 12.2. The first-order valence-corrected chi connectivity index (χ1v) is 9.02. The molecular weight excluding hydrogens is 304 g/mol. The fourth-order valence-corrected chi connectivity index (χ4v) is 3.39. The summed E-state index contributed by atoms with van der Waals surface area (Å²) < 4.78 is 25.0. The smallest absolute Gasteiger partial charge is 0.289 e. The number of carbonyl (C=O) groups excluding carboxylic acids is 2. The number of anilines is 1. The number of amides is 1. The number of sulfonamides is 1. The third kappa shape index (κ3) is 4.07. The molecular formula is C15H20N2O4S. The molecule has 1 atom stereocenters. The number of nitrogens with zero attached hydrogens (tertiary/aromatic N) is 1. The van der Waals surface area contributed by atoms with Gasteiger partial charge in [-0.3, -0.25) is 13.9 Å². The molecule has 1 aliphatic rings. The Morgan fingerprint density at radius 2 is 1.86 bits per heavy atom. The Kier molecular flexibility index (Phi) is 4.85. The SMILES string of the molecule is CC(C(=O)C(=O)NCC1CC1)N(c1ccccc1)S(C)(=O)=O. The summed E-state index contributed by atoms with van der Waals surface area (Å²) in [7, 11) is -3.68. The van der Waals surface area contributed by atoms with Crippen LogP contribution in [0.3, 0.4) is 0 Å². The largest absolute Gasteiger partial charge is 0.349 e. The van der Waals surface area contributed by atoms with Crippen LogP contribution in [0.4, 0.5) is 5.69 Å². The predicted octanol–water partition coefficient (Wildman–Crippen LogP) is 0.936. The van der Waals surface area contributed by atoms with Gasteiger partial charge in [-0.15, -0.1) is 0 Å². The van der Waals surface area contributed by atoms with Gasteiger partial charge in [-0.2, -0.15) is 0 Å². The van der Waals surface area contributed by atoms with Gasteiger partial charge in [0.05, 0.1) is 11.9 Å². The quantitative estimate of drug-likeness (QED) is 0.757. The van der Waals surface area contributed by atoms with Crippen LogP contribution in [0.5, 0.6) is 0 Å². The second-order valence-corrected chi connectivity index (χ2v) is 7.45. The molecule has 1 fully saturated rings. The highest BCUT2D eigenvalue weighted by atomic mass is 32.2. The Bertz CT molecular complexity index is 653. The number of rotatable bonds is 7. The molecule has 0 saturated heterocycles. The average Bonchev–Trinajstić information content (AvgIpc) is 3.27. The van der Waals surface area contributed by atoms with Crippen LogP contribution >= 0.6 is 0 Å². The second-order valence-electron chi connectivity index (χ2n) is 5.59. The summed E-state index contributed by atoms with van der Waals surface area (Å²) >= 11 is 0. The molecule has 0 heterocycles. The summed E-state index contributed by atoms with van der Waals surface area (Å²) in [5, 5.41) is 2.57. The van der Waals surface area contributed by atoms with Crippen LogP contribution in [0, 0.1) is 5.92 Å². The standard InChI is InChI=1S/C15H20N2O4S/c1-11(14(18)15(19)16-10-12-8-9-12)17(22(2,20)21)13-6-4-3-5-7-13/h3-7,11-12H,8-10H2,1-2H3,(H,16,19). The maximum Gasteiger partial charge on any atom is 0.289 e. The van der Waals surface area contributed by atoms with Gasteiger partial charge in [0.15, 0.2) is 0 Å². The Morgan fingerprint density at radius 1 is 1.27 bits per heavy atom. The Hall–Kier alpha value is -1.89. The van der Waals surface area contributed by atoms with Crippen LogP contribution in [0.25, 0.3) is 0 Å². The van der Waals surface area contributed by atoms with Gasteiger partial charge in [-0.05, 0) is 37.8 Å². The van der Waals surface area contributed by atoms with Crippen molar-refractivity contribution in [3.63, 3.8) is 0 Å². The van der Waals surface area contributed by atoms with E-state index in [1.165, 1.54) is 6.92 Å². The van der Waals surface area contributed by atoms with Crippen LogP contribution in [-0.2, 0) is 19.6 Å². The molecule has 7 heteroatoms. The topological polar surface area (TPSA) is 83.6 Å². The lowest BCUT2D eigenvalue weighted by Crippen LogP contribution is -2.48. The van der Waals surface area contributed by atoms with E-state index < -0.39 is 27.8 Å². The Labute approximate surface area is 130 Å². The molecule has 2 rings (SSSR count). The minimum Gasteiger partial charge on any atom is -0.349 e. The molecule has 1 aromatic carbocycles. The molecule has 1 aromatic rings. The lowest BCUT2D eigenvalue weighted by Gasteiger charge is -2.27. The molecule has 1 unspecified atom stereocenters. The van der Waals surface area contributed by atoms with E-state index in [4.69, 9.17) is 0 Å². The number of carbonyl (C=O) groups is 2. The number of hydrogen-bond acceptors (Lipinski definition) is 4. The number of Topliss-reactive ketones (excluding diaryl/α,β-unsaturated/α-hetero) is 1.